The van der Waals surface area contributed by atoms with Gasteiger partial charge >= 0.3 is 0 Å². The monoisotopic (exact) mass is 319 g/mol. The van der Waals surface area contributed by atoms with Crippen LogP contribution in [-0.2, 0) is 11.8 Å². The Balaban J connectivity index is 1.66. The normalized spacial score (nSPS) is 20.2. The van der Waals surface area contributed by atoms with Crippen molar-refractivity contribution in [3.05, 3.63) is 56.7 Å². The molecule has 1 atom stereocenters. The predicted molar refractivity (Wildman–Crippen MR) is 92.5 cm³/mol. The summed E-state index contributed by atoms with van der Waals surface area (Å²) in [6.45, 7) is 5.72. The Morgan fingerprint density at radius 1 is 1.24 bits per heavy atom. The fraction of sp³-hybridized carbons (Fsp3) is 0.444. The molecular weight excluding hydrogens is 298 g/mol. The van der Waals surface area contributed by atoms with Gasteiger partial charge in [-0.15, -0.1) is 11.3 Å². The van der Waals surface area contributed by atoms with E-state index < -0.39 is 0 Å². The van der Waals surface area contributed by atoms with Gasteiger partial charge in [-0.1, -0.05) is 49.7 Å². The van der Waals surface area contributed by atoms with Crippen molar-refractivity contribution in [2.24, 2.45) is 0 Å². The Morgan fingerprint density at radius 2 is 2.05 bits per heavy atom. The molecule has 0 spiro atoms. The molecule has 2 aromatic rings. The minimum Gasteiger partial charge on any atom is -0.310 e. The molecule has 3 heteroatoms. The molecule has 1 heterocycles. The van der Waals surface area contributed by atoms with Gasteiger partial charge in [0.05, 0.1) is 4.34 Å². The van der Waals surface area contributed by atoms with Crippen LogP contribution in [-0.4, -0.2) is 6.54 Å². The molecule has 0 radical (unpaired) electrons. The molecule has 112 valence electrons. The first-order valence-corrected chi connectivity index (χ1v) is 8.83. The average Bonchev–Trinajstić information content (AvgIpc) is 2.87. The van der Waals surface area contributed by atoms with E-state index >= 15 is 0 Å². The van der Waals surface area contributed by atoms with Gasteiger partial charge in [-0.2, -0.15) is 0 Å². The molecule has 0 aliphatic heterocycles. The lowest BCUT2D eigenvalue weighted by Gasteiger charge is -2.37. The van der Waals surface area contributed by atoms with Crippen molar-refractivity contribution in [1.29, 1.82) is 0 Å². The second kappa shape index (κ2) is 6.12. The Hall–Kier alpha value is -0.830. The van der Waals surface area contributed by atoms with Crippen molar-refractivity contribution in [1.82, 2.24) is 5.32 Å². The van der Waals surface area contributed by atoms with Gasteiger partial charge in [-0.3, -0.25) is 0 Å². The fourth-order valence-corrected chi connectivity index (χ4v) is 4.37. The third-order valence-electron chi connectivity index (χ3n) is 4.51. The van der Waals surface area contributed by atoms with E-state index in [4.69, 9.17) is 11.6 Å². The second-order valence-electron chi connectivity index (χ2n) is 6.47. The van der Waals surface area contributed by atoms with Gasteiger partial charge < -0.3 is 5.32 Å². The number of hydrogen-bond donors (Lipinski definition) is 1. The van der Waals surface area contributed by atoms with E-state index in [0.717, 1.165) is 17.3 Å². The minimum absolute atomic E-state index is 0.302. The highest BCUT2D eigenvalue weighted by Gasteiger charge is 2.31. The quantitative estimate of drug-likeness (QED) is 0.801. The van der Waals surface area contributed by atoms with Crippen molar-refractivity contribution in [3.63, 3.8) is 0 Å². The zero-order valence-electron chi connectivity index (χ0n) is 12.7. The highest BCUT2D eigenvalue weighted by Crippen LogP contribution is 2.41. The Morgan fingerprint density at radius 3 is 2.81 bits per heavy atom. The molecule has 1 aliphatic carbocycles. The second-order valence-corrected chi connectivity index (χ2v) is 8.27. The maximum Gasteiger partial charge on any atom is 0.0931 e. The molecule has 1 N–H and O–H groups in total. The molecule has 1 aromatic heterocycles. The van der Waals surface area contributed by atoms with Crippen molar-refractivity contribution in [3.8, 4) is 0 Å². The Bertz CT molecular complexity index is 617. The number of rotatable bonds is 4. The van der Waals surface area contributed by atoms with Gasteiger partial charge in [0, 0.05) is 17.5 Å². The summed E-state index contributed by atoms with van der Waals surface area (Å²) < 4.78 is 0.884. The number of hydrogen-bond acceptors (Lipinski definition) is 2. The number of halogens is 1. The molecule has 1 aliphatic rings. The van der Waals surface area contributed by atoms with Gasteiger partial charge in [0.1, 0.15) is 0 Å². The Labute approximate surface area is 136 Å². The van der Waals surface area contributed by atoms with E-state index in [1.54, 1.807) is 11.3 Å². The van der Waals surface area contributed by atoms with Crippen molar-refractivity contribution in [2.45, 2.75) is 44.6 Å². The molecule has 3 rings (SSSR count). The number of benzene rings is 1. The highest BCUT2D eigenvalue weighted by atomic mass is 35.5. The first-order valence-electron chi connectivity index (χ1n) is 7.63. The summed E-state index contributed by atoms with van der Waals surface area (Å²) in [5.41, 5.74) is 3.29. The van der Waals surface area contributed by atoms with Crippen molar-refractivity contribution in [2.75, 3.05) is 6.54 Å². The SMILES string of the molecule is CC1(C)CCC(NCCc2ccc(Cl)s2)c2ccccc21. The summed E-state index contributed by atoms with van der Waals surface area (Å²) in [4.78, 5) is 1.36. The van der Waals surface area contributed by atoms with E-state index in [-0.39, 0.29) is 0 Å². The highest BCUT2D eigenvalue weighted by molar-refractivity contribution is 7.16. The lowest BCUT2D eigenvalue weighted by Crippen LogP contribution is -2.33. The van der Waals surface area contributed by atoms with Crippen LogP contribution >= 0.6 is 22.9 Å². The summed E-state index contributed by atoms with van der Waals surface area (Å²) in [7, 11) is 0. The van der Waals surface area contributed by atoms with Crippen LogP contribution in [0.3, 0.4) is 0 Å². The molecular formula is C18H22ClNS. The van der Waals surface area contributed by atoms with Crippen LogP contribution in [0.4, 0.5) is 0 Å². The predicted octanol–water partition coefficient (Wildman–Crippen LogP) is 5.35. The summed E-state index contributed by atoms with van der Waals surface area (Å²) >= 11 is 7.67. The van der Waals surface area contributed by atoms with Gasteiger partial charge in [-0.05, 0) is 47.9 Å². The topological polar surface area (TPSA) is 12.0 Å². The van der Waals surface area contributed by atoms with Crippen LogP contribution in [0.2, 0.25) is 4.34 Å². The molecule has 1 aromatic carbocycles. The molecule has 0 saturated carbocycles. The van der Waals surface area contributed by atoms with Crippen LogP contribution < -0.4 is 5.32 Å². The van der Waals surface area contributed by atoms with Gasteiger partial charge in [0.2, 0.25) is 0 Å². The standard InChI is InChI=1S/C18H22ClNS/c1-18(2)11-9-16(14-5-3-4-6-15(14)18)20-12-10-13-7-8-17(19)21-13/h3-8,16,20H,9-12H2,1-2H3. The molecule has 0 fully saturated rings. The molecule has 0 amide bonds. The van der Waals surface area contributed by atoms with Gasteiger partial charge in [0.15, 0.2) is 0 Å². The lowest BCUT2D eigenvalue weighted by molar-refractivity contribution is 0.360. The van der Waals surface area contributed by atoms with Gasteiger partial charge in [0.25, 0.3) is 0 Å². The maximum absolute atomic E-state index is 5.98. The lowest BCUT2D eigenvalue weighted by atomic mass is 9.71. The summed E-state index contributed by atoms with van der Waals surface area (Å²) in [5, 5.41) is 3.74. The molecule has 0 saturated heterocycles. The summed E-state index contributed by atoms with van der Waals surface area (Å²) in [5.74, 6) is 0. The van der Waals surface area contributed by atoms with E-state index in [2.05, 4.69) is 49.5 Å². The maximum atomic E-state index is 5.98. The first kappa shape index (κ1) is 15.1. The van der Waals surface area contributed by atoms with Crippen LogP contribution in [0.25, 0.3) is 0 Å². The average molecular weight is 320 g/mol. The fourth-order valence-electron chi connectivity index (χ4n) is 3.28. The van der Waals surface area contributed by atoms with E-state index in [1.165, 1.54) is 28.8 Å². The van der Waals surface area contributed by atoms with E-state index in [9.17, 15) is 0 Å². The van der Waals surface area contributed by atoms with Crippen molar-refractivity contribution < 1.29 is 0 Å². The summed E-state index contributed by atoms with van der Waals surface area (Å²) in [6.07, 6.45) is 3.52. The smallest absolute Gasteiger partial charge is 0.0931 e. The van der Waals surface area contributed by atoms with E-state index in [0.29, 0.717) is 11.5 Å². The zero-order chi connectivity index (χ0) is 14.9. The molecule has 0 bridgehead atoms. The number of thiophene rings is 1. The van der Waals surface area contributed by atoms with Crippen LogP contribution in [0, 0.1) is 0 Å². The number of fused-ring (bicyclic) bond motifs is 1. The third-order valence-corrected chi connectivity index (χ3v) is 5.81. The van der Waals surface area contributed by atoms with Crippen LogP contribution in [0.1, 0.15) is 48.7 Å². The van der Waals surface area contributed by atoms with Gasteiger partial charge in [-0.25, -0.2) is 0 Å². The minimum atomic E-state index is 0.302. The van der Waals surface area contributed by atoms with E-state index in [1.807, 2.05) is 6.07 Å². The molecule has 1 nitrogen and oxygen atoms in total. The first-order chi connectivity index (χ1) is 10.1. The molecule has 1 unspecified atom stereocenters. The summed E-state index contributed by atoms with van der Waals surface area (Å²) in [6, 6.07) is 13.5. The third kappa shape index (κ3) is 3.33. The zero-order valence-corrected chi connectivity index (χ0v) is 14.2. The van der Waals surface area contributed by atoms with Crippen molar-refractivity contribution >= 4 is 22.9 Å². The Kier molecular flexibility index (Phi) is 4.39. The largest absolute Gasteiger partial charge is 0.310 e. The molecule has 21 heavy (non-hydrogen) atoms. The number of nitrogens with one attached hydrogen (secondary N) is 1. The van der Waals surface area contributed by atoms with Crippen LogP contribution in [0.5, 0.6) is 0 Å². The van der Waals surface area contributed by atoms with Crippen LogP contribution in [0.15, 0.2) is 36.4 Å².